The van der Waals surface area contributed by atoms with E-state index in [-0.39, 0.29) is 11.7 Å². The number of carboxylic acids is 1. The minimum Gasteiger partial charge on any atom is -0.481 e. The summed E-state index contributed by atoms with van der Waals surface area (Å²) in [7, 11) is 0. The van der Waals surface area contributed by atoms with Gasteiger partial charge in [-0.1, -0.05) is 6.07 Å². The van der Waals surface area contributed by atoms with Gasteiger partial charge in [0.05, 0.1) is 5.56 Å². The Morgan fingerprint density at radius 2 is 2.17 bits per heavy atom. The van der Waals surface area contributed by atoms with Gasteiger partial charge in [0.25, 0.3) is 0 Å². The quantitative estimate of drug-likeness (QED) is 0.916. The number of alkyl halides is 3. The molecule has 0 saturated carbocycles. The fourth-order valence-corrected chi connectivity index (χ4v) is 3.38. The topological polar surface area (TPSA) is 37.3 Å². The summed E-state index contributed by atoms with van der Waals surface area (Å²) in [6.45, 7) is 0. The van der Waals surface area contributed by atoms with Crippen molar-refractivity contribution < 1.29 is 23.1 Å². The zero-order valence-corrected chi connectivity index (χ0v) is 10.1. The minimum absolute atomic E-state index is 0.00694. The number of fused-ring (bicyclic) bond motifs is 1. The van der Waals surface area contributed by atoms with Crippen LogP contribution in [0.2, 0.25) is 0 Å². The maximum Gasteiger partial charge on any atom is 0.416 e. The van der Waals surface area contributed by atoms with Crippen molar-refractivity contribution in [1.82, 2.24) is 0 Å². The molecule has 0 aliphatic carbocycles. The fraction of sp³-hybridized carbons (Fsp3) is 0.417. The molecule has 1 N–H and O–H groups in total. The van der Waals surface area contributed by atoms with E-state index in [2.05, 4.69) is 0 Å². The van der Waals surface area contributed by atoms with Gasteiger partial charge in [-0.3, -0.25) is 4.79 Å². The standard InChI is InChI=1S/C12H11F3O2S/c13-12(14,15)9-2-1-3-10-8(9)6-7(18-10)4-5-11(16)17/h1-3,7H,4-6H2,(H,16,17). The smallest absolute Gasteiger partial charge is 0.416 e. The van der Waals surface area contributed by atoms with Gasteiger partial charge in [0.1, 0.15) is 0 Å². The van der Waals surface area contributed by atoms with Crippen molar-refractivity contribution in [3.8, 4) is 0 Å². The van der Waals surface area contributed by atoms with E-state index >= 15 is 0 Å². The van der Waals surface area contributed by atoms with E-state index in [1.165, 1.54) is 17.8 Å². The highest BCUT2D eigenvalue weighted by Gasteiger charge is 2.37. The van der Waals surface area contributed by atoms with Crippen LogP contribution in [-0.2, 0) is 17.4 Å². The van der Waals surface area contributed by atoms with Crippen LogP contribution in [0.5, 0.6) is 0 Å². The zero-order chi connectivity index (χ0) is 13.3. The van der Waals surface area contributed by atoms with Crippen LogP contribution >= 0.6 is 11.8 Å². The molecule has 1 aromatic carbocycles. The number of aliphatic carboxylic acids is 1. The summed E-state index contributed by atoms with van der Waals surface area (Å²) in [4.78, 5) is 11.1. The van der Waals surface area contributed by atoms with Gasteiger partial charge in [0.15, 0.2) is 0 Å². The van der Waals surface area contributed by atoms with Crippen molar-refractivity contribution in [2.24, 2.45) is 0 Å². The highest BCUT2D eigenvalue weighted by Crippen LogP contribution is 2.44. The summed E-state index contributed by atoms with van der Waals surface area (Å²) in [5, 5.41) is 8.52. The van der Waals surface area contributed by atoms with Crippen LogP contribution < -0.4 is 0 Å². The third-order valence-electron chi connectivity index (χ3n) is 2.84. The molecule has 0 bridgehead atoms. The van der Waals surface area contributed by atoms with Crippen LogP contribution in [0.4, 0.5) is 13.2 Å². The summed E-state index contributed by atoms with van der Waals surface area (Å²) < 4.78 is 38.3. The Labute approximate surface area is 106 Å². The summed E-state index contributed by atoms with van der Waals surface area (Å²) in [6.07, 6.45) is -3.66. The highest BCUT2D eigenvalue weighted by atomic mass is 32.2. The van der Waals surface area contributed by atoms with Gasteiger partial charge in [-0.05, 0) is 30.5 Å². The number of rotatable bonds is 3. The molecule has 0 saturated heterocycles. The van der Waals surface area contributed by atoms with Crippen LogP contribution in [0, 0.1) is 0 Å². The lowest BCUT2D eigenvalue weighted by atomic mass is 10.0. The second kappa shape index (κ2) is 4.84. The first-order valence-corrected chi connectivity index (χ1v) is 6.33. The minimum atomic E-state index is -4.34. The van der Waals surface area contributed by atoms with Crippen LogP contribution in [0.15, 0.2) is 23.1 Å². The van der Waals surface area contributed by atoms with Crippen LogP contribution in [-0.4, -0.2) is 16.3 Å². The summed E-state index contributed by atoms with van der Waals surface area (Å²) in [5.74, 6) is -0.914. The molecule has 1 aliphatic heterocycles. The number of carboxylic acid groups (broad SMARTS) is 1. The van der Waals surface area contributed by atoms with Gasteiger partial charge >= 0.3 is 12.1 Å². The second-order valence-electron chi connectivity index (χ2n) is 4.16. The average Bonchev–Trinajstić information content (AvgIpc) is 2.66. The van der Waals surface area contributed by atoms with Crippen LogP contribution in [0.1, 0.15) is 24.0 Å². The SMILES string of the molecule is O=C(O)CCC1Cc2c(cccc2C(F)(F)F)S1. The molecule has 0 radical (unpaired) electrons. The molecule has 18 heavy (non-hydrogen) atoms. The Bertz CT molecular complexity index is 471. The Balaban J connectivity index is 2.17. The Hall–Kier alpha value is -1.17. The predicted octanol–water partition coefficient (Wildman–Crippen LogP) is 3.59. The highest BCUT2D eigenvalue weighted by molar-refractivity contribution is 8.00. The lowest BCUT2D eigenvalue weighted by Crippen LogP contribution is -2.10. The molecular weight excluding hydrogens is 265 g/mol. The molecule has 0 spiro atoms. The number of benzene rings is 1. The molecular formula is C12H11F3O2S. The van der Waals surface area contributed by atoms with E-state index in [1.54, 1.807) is 6.07 Å². The molecule has 1 unspecified atom stereocenters. The normalized spacial score (nSPS) is 18.7. The van der Waals surface area contributed by atoms with Gasteiger partial charge in [-0.25, -0.2) is 0 Å². The lowest BCUT2D eigenvalue weighted by molar-refractivity contribution is -0.139. The van der Waals surface area contributed by atoms with E-state index < -0.39 is 17.7 Å². The molecule has 1 atom stereocenters. The number of thioether (sulfide) groups is 1. The first-order valence-electron chi connectivity index (χ1n) is 5.45. The van der Waals surface area contributed by atoms with Crippen LogP contribution in [0.25, 0.3) is 0 Å². The molecule has 0 fully saturated rings. The molecule has 1 aliphatic rings. The van der Waals surface area contributed by atoms with Crippen molar-refractivity contribution in [3.63, 3.8) is 0 Å². The monoisotopic (exact) mass is 276 g/mol. The van der Waals surface area contributed by atoms with Crippen molar-refractivity contribution in [2.75, 3.05) is 0 Å². The molecule has 0 aromatic heterocycles. The molecule has 1 heterocycles. The van der Waals surface area contributed by atoms with E-state index in [1.807, 2.05) is 0 Å². The van der Waals surface area contributed by atoms with Gasteiger partial charge in [-0.15, -0.1) is 11.8 Å². The number of hydrogen-bond acceptors (Lipinski definition) is 2. The van der Waals surface area contributed by atoms with Crippen molar-refractivity contribution in [1.29, 1.82) is 0 Å². The van der Waals surface area contributed by atoms with Gasteiger partial charge < -0.3 is 5.11 Å². The van der Waals surface area contributed by atoms with E-state index in [0.29, 0.717) is 23.3 Å². The summed E-state index contributed by atoms with van der Waals surface area (Å²) in [5.41, 5.74) is -0.282. The first-order chi connectivity index (χ1) is 8.38. The third-order valence-corrected chi connectivity index (χ3v) is 4.22. The number of halogens is 3. The maximum absolute atomic E-state index is 12.8. The maximum atomic E-state index is 12.8. The Morgan fingerprint density at radius 3 is 2.78 bits per heavy atom. The van der Waals surface area contributed by atoms with Crippen molar-refractivity contribution >= 4 is 17.7 Å². The third kappa shape index (κ3) is 2.80. The molecule has 2 rings (SSSR count). The Kier molecular flexibility index (Phi) is 3.56. The predicted molar refractivity (Wildman–Crippen MR) is 61.7 cm³/mol. The number of hydrogen-bond donors (Lipinski definition) is 1. The average molecular weight is 276 g/mol. The van der Waals surface area contributed by atoms with Crippen molar-refractivity contribution in [3.05, 3.63) is 29.3 Å². The van der Waals surface area contributed by atoms with Gasteiger partial charge in [-0.2, -0.15) is 13.2 Å². The zero-order valence-electron chi connectivity index (χ0n) is 9.33. The lowest BCUT2D eigenvalue weighted by Gasteiger charge is -2.11. The van der Waals surface area contributed by atoms with Crippen molar-refractivity contribution in [2.45, 2.75) is 35.6 Å². The largest absolute Gasteiger partial charge is 0.481 e. The molecule has 6 heteroatoms. The van der Waals surface area contributed by atoms with E-state index in [0.717, 1.165) is 6.07 Å². The molecule has 1 aromatic rings. The van der Waals surface area contributed by atoms with E-state index in [4.69, 9.17) is 5.11 Å². The molecule has 2 nitrogen and oxygen atoms in total. The first kappa shape index (κ1) is 13.3. The van der Waals surface area contributed by atoms with Gasteiger partial charge in [0, 0.05) is 16.6 Å². The molecule has 98 valence electrons. The van der Waals surface area contributed by atoms with Gasteiger partial charge in [0.2, 0.25) is 0 Å². The number of carbonyl (C=O) groups is 1. The van der Waals surface area contributed by atoms with Crippen LogP contribution in [0.3, 0.4) is 0 Å². The Morgan fingerprint density at radius 1 is 1.44 bits per heavy atom. The fourth-order valence-electron chi connectivity index (χ4n) is 2.05. The second-order valence-corrected chi connectivity index (χ2v) is 5.50. The molecule has 0 amide bonds. The summed E-state index contributed by atoms with van der Waals surface area (Å²) >= 11 is 1.35. The summed E-state index contributed by atoms with van der Waals surface area (Å²) in [6, 6.07) is 4.14. The van der Waals surface area contributed by atoms with E-state index in [9.17, 15) is 18.0 Å².